The number of rotatable bonds is 5. The summed E-state index contributed by atoms with van der Waals surface area (Å²) >= 11 is 5.79. The zero-order valence-electron chi connectivity index (χ0n) is 16.5. The van der Waals surface area contributed by atoms with Crippen LogP contribution in [0.1, 0.15) is 25.0 Å². The lowest BCUT2D eigenvalue weighted by atomic mass is 10.1. The van der Waals surface area contributed by atoms with Gasteiger partial charge in [-0.1, -0.05) is 15.9 Å². The Labute approximate surface area is 188 Å². The molecule has 0 saturated carbocycles. The molecule has 1 aliphatic heterocycles. The van der Waals surface area contributed by atoms with Gasteiger partial charge in [-0.2, -0.15) is 0 Å². The van der Waals surface area contributed by atoms with Crippen LogP contribution >= 0.6 is 38.5 Å². The maximum atomic E-state index is 6.10. The summed E-state index contributed by atoms with van der Waals surface area (Å²) in [7, 11) is 0. The van der Waals surface area contributed by atoms with E-state index in [0.717, 1.165) is 49.4 Å². The molecule has 28 heavy (non-hydrogen) atoms. The van der Waals surface area contributed by atoms with Gasteiger partial charge in [0.25, 0.3) is 0 Å². The zero-order valence-corrected chi connectivity index (χ0v) is 20.2. The van der Waals surface area contributed by atoms with Gasteiger partial charge in [-0.25, -0.2) is 4.99 Å². The van der Waals surface area contributed by atoms with Gasteiger partial charge in [0.2, 0.25) is 0 Å². The first-order chi connectivity index (χ1) is 13.2. The van der Waals surface area contributed by atoms with Crippen molar-refractivity contribution in [3.8, 4) is 11.5 Å². The number of benzene rings is 2. The molecule has 2 unspecified atom stereocenters. The quantitative estimate of drug-likeness (QED) is 0.292. The van der Waals surface area contributed by atoms with Gasteiger partial charge in [0.15, 0.2) is 0 Å². The van der Waals surface area contributed by atoms with Crippen molar-refractivity contribution in [1.82, 2.24) is 10.6 Å². The highest BCUT2D eigenvalue weighted by Crippen LogP contribution is 2.33. The summed E-state index contributed by atoms with van der Waals surface area (Å²) in [5.74, 6) is 1.64. The second kappa shape index (κ2) is 9.11. The Kier molecular flexibility index (Phi) is 7.01. The molecule has 0 radical (unpaired) electrons. The topological polar surface area (TPSA) is 54.9 Å². The van der Waals surface area contributed by atoms with Crippen LogP contribution in [-0.2, 0) is 4.74 Å². The lowest BCUT2D eigenvalue weighted by molar-refractivity contribution is -0.105. The van der Waals surface area contributed by atoms with E-state index in [4.69, 9.17) is 9.47 Å². The largest absolute Gasteiger partial charge is 0.457 e. The van der Waals surface area contributed by atoms with E-state index in [1.165, 1.54) is 0 Å². The molecule has 150 valence electrons. The molecule has 1 aliphatic rings. The molecule has 0 aliphatic carbocycles. The molecule has 0 amide bonds. The first-order valence-electron chi connectivity index (χ1n) is 9.18. The van der Waals surface area contributed by atoms with Crippen LogP contribution in [0.3, 0.4) is 0 Å². The molecule has 1 saturated heterocycles. The zero-order chi connectivity index (χ0) is 20.3. The molecule has 7 heteroatoms. The number of morpholine rings is 1. The molecule has 5 nitrogen and oxygen atoms in total. The SMILES string of the molecule is Cc1cc(Oc2cc(Br)cc(I)c2)c(C)cc1/N=C/NC1(C)CNCC(C)O1. The maximum absolute atomic E-state index is 6.10. The second-order valence-corrected chi connectivity index (χ2v) is 9.47. The minimum atomic E-state index is -0.453. The van der Waals surface area contributed by atoms with Crippen molar-refractivity contribution < 1.29 is 9.47 Å². The smallest absolute Gasteiger partial charge is 0.149 e. The number of halogens is 2. The van der Waals surface area contributed by atoms with Crippen LogP contribution in [0.4, 0.5) is 5.69 Å². The summed E-state index contributed by atoms with van der Waals surface area (Å²) in [4.78, 5) is 4.60. The summed E-state index contributed by atoms with van der Waals surface area (Å²) < 4.78 is 14.2. The predicted octanol–water partition coefficient (Wildman–Crippen LogP) is 5.44. The molecule has 0 aromatic heterocycles. The fourth-order valence-electron chi connectivity index (χ4n) is 3.10. The molecule has 0 spiro atoms. The van der Waals surface area contributed by atoms with Crippen LogP contribution in [0.25, 0.3) is 0 Å². The van der Waals surface area contributed by atoms with Crippen LogP contribution in [0, 0.1) is 17.4 Å². The first kappa shape index (κ1) is 21.5. The van der Waals surface area contributed by atoms with Crippen molar-refractivity contribution in [3.63, 3.8) is 0 Å². The van der Waals surface area contributed by atoms with Gasteiger partial charge in [-0.15, -0.1) is 0 Å². The lowest BCUT2D eigenvalue weighted by Crippen LogP contribution is -2.58. The summed E-state index contributed by atoms with van der Waals surface area (Å²) in [6.07, 6.45) is 1.89. The van der Waals surface area contributed by atoms with Crippen LogP contribution in [0.15, 0.2) is 39.8 Å². The summed E-state index contributed by atoms with van der Waals surface area (Å²) in [6, 6.07) is 10.1. The predicted molar refractivity (Wildman–Crippen MR) is 126 cm³/mol. The molecule has 2 aromatic rings. The molecule has 1 fully saturated rings. The van der Waals surface area contributed by atoms with Crippen molar-refractivity contribution in [3.05, 3.63) is 49.5 Å². The van der Waals surface area contributed by atoms with E-state index in [1.807, 2.05) is 51.1 Å². The summed E-state index contributed by atoms with van der Waals surface area (Å²) in [6.45, 7) is 9.75. The first-order valence-corrected chi connectivity index (χ1v) is 11.1. The van der Waals surface area contributed by atoms with Crippen LogP contribution in [-0.4, -0.2) is 31.3 Å². The van der Waals surface area contributed by atoms with Gasteiger partial charge in [-0.3, -0.25) is 0 Å². The maximum Gasteiger partial charge on any atom is 0.149 e. The van der Waals surface area contributed by atoms with Crippen LogP contribution in [0.2, 0.25) is 0 Å². The summed E-state index contributed by atoms with van der Waals surface area (Å²) in [5.41, 5.74) is 2.53. The van der Waals surface area contributed by atoms with Gasteiger partial charge in [-0.05, 0) is 91.7 Å². The summed E-state index contributed by atoms with van der Waals surface area (Å²) in [5, 5.41) is 6.64. The van der Waals surface area contributed by atoms with E-state index in [1.54, 1.807) is 6.34 Å². The van der Waals surface area contributed by atoms with Crippen molar-refractivity contribution >= 4 is 50.5 Å². The molecular formula is C21H25BrIN3O2. The fraction of sp³-hybridized carbons (Fsp3) is 0.381. The highest BCUT2D eigenvalue weighted by molar-refractivity contribution is 14.1. The van der Waals surface area contributed by atoms with Crippen molar-refractivity contribution in [1.29, 1.82) is 0 Å². The second-order valence-electron chi connectivity index (χ2n) is 7.30. The molecule has 2 N–H and O–H groups in total. The van der Waals surface area contributed by atoms with E-state index in [9.17, 15) is 0 Å². The van der Waals surface area contributed by atoms with E-state index < -0.39 is 5.72 Å². The minimum absolute atomic E-state index is 0.168. The van der Waals surface area contributed by atoms with Crippen molar-refractivity contribution in [2.75, 3.05) is 13.1 Å². The van der Waals surface area contributed by atoms with Crippen LogP contribution < -0.4 is 15.4 Å². The fourth-order valence-corrected chi connectivity index (χ4v) is 4.65. The van der Waals surface area contributed by atoms with Crippen LogP contribution in [0.5, 0.6) is 11.5 Å². The average molecular weight is 558 g/mol. The molecule has 3 rings (SSSR count). The lowest BCUT2D eigenvalue weighted by Gasteiger charge is -2.37. The number of nitrogens with one attached hydrogen (secondary N) is 2. The number of nitrogens with zero attached hydrogens (tertiary/aromatic N) is 1. The number of aliphatic imine (C=N–C) groups is 1. The standard InChI is InChI=1S/C21H25BrIN3O2/c1-13-6-20(27-18-8-16(22)7-17(23)9-18)14(2)5-19(13)25-12-26-21(4)11-24-10-15(3)28-21/h5-9,12,15,24H,10-11H2,1-4H3,(H,25,26). The Morgan fingerprint density at radius 1 is 1.29 bits per heavy atom. The monoisotopic (exact) mass is 557 g/mol. The van der Waals surface area contributed by atoms with Crippen molar-refractivity contribution in [2.45, 2.75) is 39.5 Å². The highest BCUT2D eigenvalue weighted by atomic mass is 127. The Morgan fingerprint density at radius 2 is 2.07 bits per heavy atom. The average Bonchev–Trinajstić information content (AvgIpc) is 2.58. The van der Waals surface area contributed by atoms with Gasteiger partial charge >= 0.3 is 0 Å². The molecule has 2 atom stereocenters. The molecular weight excluding hydrogens is 533 g/mol. The molecule has 0 bridgehead atoms. The Morgan fingerprint density at radius 3 is 2.79 bits per heavy atom. The number of ether oxygens (including phenoxy) is 2. The van der Waals surface area contributed by atoms with Gasteiger partial charge in [0.05, 0.1) is 18.1 Å². The van der Waals surface area contributed by atoms with E-state index in [-0.39, 0.29) is 6.10 Å². The minimum Gasteiger partial charge on any atom is -0.457 e. The van der Waals surface area contributed by atoms with E-state index in [2.05, 4.69) is 61.1 Å². The Balaban J connectivity index is 1.72. The molecule has 2 aromatic carbocycles. The van der Waals surface area contributed by atoms with Gasteiger partial charge in [0, 0.05) is 21.1 Å². The third kappa shape index (κ3) is 5.68. The van der Waals surface area contributed by atoms with Crippen molar-refractivity contribution in [2.24, 2.45) is 4.99 Å². The number of hydrogen-bond acceptors (Lipinski definition) is 4. The normalized spacial score (nSPS) is 22.4. The number of aryl methyl sites for hydroxylation is 2. The van der Waals surface area contributed by atoms with Gasteiger partial charge in [0.1, 0.15) is 17.2 Å². The third-order valence-corrected chi connectivity index (χ3v) is 5.57. The number of hydrogen-bond donors (Lipinski definition) is 2. The third-order valence-electron chi connectivity index (χ3n) is 4.49. The molecule has 1 heterocycles. The van der Waals surface area contributed by atoms with Gasteiger partial charge < -0.3 is 20.1 Å². The Bertz CT molecular complexity index is 870. The van der Waals surface area contributed by atoms with E-state index >= 15 is 0 Å². The van der Waals surface area contributed by atoms with E-state index in [0.29, 0.717) is 0 Å². The Hall–Kier alpha value is -1.16. The highest BCUT2D eigenvalue weighted by Gasteiger charge is 2.29.